The van der Waals surface area contributed by atoms with Crippen LogP contribution in [0.3, 0.4) is 0 Å². The van der Waals surface area contributed by atoms with Crippen molar-refractivity contribution >= 4 is 0 Å². The van der Waals surface area contributed by atoms with Gasteiger partial charge in [-0.15, -0.1) is 0 Å². The lowest BCUT2D eigenvalue weighted by Crippen LogP contribution is -2.12. The molecule has 1 rings (SSSR count). The number of rotatable bonds is 2. The van der Waals surface area contributed by atoms with Crippen LogP contribution in [0.4, 0.5) is 0 Å². The van der Waals surface area contributed by atoms with Crippen molar-refractivity contribution in [2.45, 2.75) is 25.9 Å². The van der Waals surface area contributed by atoms with Crippen molar-refractivity contribution in [3.8, 4) is 0 Å². The fourth-order valence-electron chi connectivity index (χ4n) is 0.895. The quantitative estimate of drug-likeness (QED) is 0.636. The summed E-state index contributed by atoms with van der Waals surface area (Å²) in [5.74, 6) is 0.586. The number of allylic oxidation sites excluding steroid dienone is 1. The minimum absolute atomic E-state index is 0.134. The highest BCUT2D eigenvalue weighted by Gasteiger charge is 2.13. The summed E-state index contributed by atoms with van der Waals surface area (Å²) in [7, 11) is 0. The van der Waals surface area contributed by atoms with Gasteiger partial charge in [0, 0.05) is 6.42 Å². The molecule has 0 aromatic carbocycles. The molecule has 62 valence electrons. The Balaban J connectivity index is 2.54. The first-order valence-corrected chi connectivity index (χ1v) is 3.68. The molecule has 0 aromatic rings. The molecule has 0 bridgehead atoms. The fourth-order valence-corrected chi connectivity index (χ4v) is 0.895. The van der Waals surface area contributed by atoms with Gasteiger partial charge in [0.1, 0.15) is 18.1 Å². The normalized spacial score (nSPS) is 23.6. The molecular formula is C8H12O3. The first kappa shape index (κ1) is 8.14. The molecule has 3 heteroatoms. The van der Waals surface area contributed by atoms with Gasteiger partial charge >= 0.3 is 0 Å². The van der Waals surface area contributed by atoms with E-state index in [1.165, 1.54) is 12.3 Å². The highest BCUT2D eigenvalue weighted by Crippen LogP contribution is 2.16. The molecule has 1 unspecified atom stereocenters. The third-order valence-electron chi connectivity index (χ3n) is 1.47. The summed E-state index contributed by atoms with van der Waals surface area (Å²) >= 11 is 0. The lowest BCUT2D eigenvalue weighted by Gasteiger charge is -2.14. The fraction of sp³-hybridized carbons (Fsp3) is 0.500. The highest BCUT2D eigenvalue weighted by atomic mass is 16.5. The summed E-state index contributed by atoms with van der Waals surface area (Å²) in [6, 6.07) is 0. The van der Waals surface area contributed by atoms with E-state index in [9.17, 15) is 0 Å². The number of hydrogen-bond donors (Lipinski definition) is 2. The summed E-state index contributed by atoms with van der Waals surface area (Å²) in [5, 5.41) is 18.0. The van der Waals surface area contributed by atoms with Gasteiger partial charge in [-0.3, -0.25) is 0 Å². The Bertz CT molecular complexity index is 194. The molecule has 0 saturated heterocycles. The van der Waals surface area contributed by atoms with Gasteiger partial charge in [0.2, 0.25) is 0 Å². The van der Waals surface area contributed by atoms with E-state index in [1.54, 1.807) is 0 Å². The molecule has 11 heavy (non-hydrogen) atoms. The summed E-state index contributed by atoms with van der Waals surface area (Å²) in [4.78, 5) is 0. The summed E-state index contributed by atoms with van der Waals surface area (Å²) < 4.78 is 4.99. The number of ether oxygens (including phenoxy) is 1. The zero-order valence-corrected chi connectivity index (χ0v) is 6.45. The summed E-state index contributed by atoms with van der Waals surface area (Å²) in [6.07, 6.45) is 3.56. The van der Waals surface area contributed by atoms with Crippen LogP contribution in [0, 0.1) is 0 Å². The SMILES string of the molecule is CCCC1=CC(O)C(O)=CO1. The van der Waals surface area contributed by atoms with Crippen LogP contribution in [0.2, 0.25) is 0 Å². The average Bonchev–Trinajstić information content (AvgIpc) is 1.98. The van der Waals surface area contributed by atoms with E-state index in [0.29, 0.717) is 0 Å². The van der Waals surface area contributed by atoms with Crippen LogP contribution >= 0.6 is 0 Å². The van der Waals surface area contributed by atoms with Gasteiger partial charge in [0.25, 0.3) is 0 Å². The predicted molar refractivity (Wildman–Crippen MR) is 40.8 cm³/mol. The Morgan fingerprint density at radius 3 is 2.91 bits per heavy atom. The molecule has 0 fully saturated rings. The van der Waals surface area contributed by atoms with Gasteiger partial charge in [-0.2, -0.15) is 0 Å². The first-order valence-electron chi connectivity index (χ1n) is 3.68. The maximum absolute atomic E-state index is 9.10. The minimum atomic E-state index is -0.884. The van der Waals surface area contributed by atoms with Gasteiger partial charge in [-0.1, -0.05) is 6.92 Å². The molecule has 0 aromatic heterocycles. The van der Waals surface area contributed by atoms with E-state index >= 15 is 0 Å². The zero-order chi connectivity index (χ0) is 8.27. The molecule has 0 radical (unpaired) electrons. The van der Waals surface area contributed by atoms with E-state index in [1.807, 2.05) is 6.92 Å². The maximum Gasteiger partial charge on any atom is 0.160 e. The molecule has 1 heterocycles. The van der Waals surface area contributed by atoms with E-state index < -0.39 is 6.10 Å². The Hall–Kier alpha value is -0.960. The third kappa shape index (κ3) is 1.98. The second-order valence-electron chi connectivity index (χ2n) is 2.49. The van der Waals surface area contributed by atoms with Crippen molar-refractivity contribution < 1.29 is 14.9 Å². The minimum Gasteiger partial charge on any atom is -0.506 e. The van der Waals surface area contributed by atoms with Crippen molar-refractivity contribution in [2.24, 2.45) is 0 Å². The monoisotopic (exact) mass is 156 g/mol. The first-order chi connectivity index (χ1) is 5.24. The van der Waals surface area contributed by atoms with Gasteiger partial charge < -0.3 is 14.9 Å². The molecule has 1 atom stereocenters. The summed E-state index contributed by atoms with van der Waals surface area (Å²) in [5.41, 5.74) is 0. The Labute approximate surface area is 65.6 Å². The Kier molecular flexibility index (Phi) is 2.54. The van der Waals surface area contributed by atoms with Crippen LogP contribution in [0.1, 0.15) is 19.8 Å². The van der Waals surface area contributed by atoms with Crippen LogP contribution in [0.15, 0.2) is 23.9 Å². The van der Waals surface area contributed by atoms with E-state index in [4.69, 9.17) is 14.9 Å². The van der Waals surface area contributed by atoms with Crippen molar-refractivity contribution in [3.05, 3.63) is 23.9 Å². The van der Waals surface area contributed by atoms with Gasteiger partial charge in [-0.25, -0.2) is 0 Å². The van der Waals surface area contributed by atoms with Crippen molar-refractivity contribution in [2.75, 3.05) is 0 Å². The van der Waals surface area contributed by atoms with Crippen molar-refractivity contribution in [1.29, 1.82) is 0 Å². The van der Waals surface area contributed by atoms with Crippen LogP contribution in [-0.4, -0.2) is 16.3 Å². The van der Waals surface area contributed by atoms with Gasteiger partial charge in [-0.05, 0) is 12.5 Å². The molecular weight excluding hydrogens is 144 g/mol. The third-order valence-corrected chi connectivity index (χ3v) is 1.47. The molecule has 2 N–H and O–H groups in total. The van der Waals surface area contributed by atoms with E-state index in [0.717, 1.165) is 18.6 Å². The highest BCUT2D eigenvalue weighted by molar-refractivity contribution is 5.14. The molecule has 0 spiro atoms. The standard InChI is InChI=1S/C8H12O3/c1-2-3-6-4-7(9)8(10)5-11-6/h4-5,7,9-10H,2-3H2,1H3. The van der Waals surface area contributed by atoms with Crippen LogP contribution < -0.4 is 0 Å². The van der Waals surface area contributed by atoms with Crippen molar-refractivity contribution in [1.82, 2.24) is 0 Å². The molecule has 1 aliphatic heterocycles. The second kappa shape index (κ2) is 3.44. The van der Waals surface area contributed by atoms with Gasteiger partial charge in [0.15, 0.2) is 5.76 Å². The van der Waals surface area contributed by atoms with E-state index in [2.05, 4.69) is 0 Å². The number of aliphatic hydroxyl groups excluding tert-OH is 2. The van der Waals surface area contributed by atoms with Crippen LogP contribution in [0.25, 0.3) is 0 Å². The topological polar surface area (TPSA) is 49.7 Å². The molecule has 1 aliphatic rings. The molecule has 0 amide bonds. The zero-order valence-electron chi connectivity index (χ0n) is 6.45. The maximum atomic E-state index is 9.10. The average molecular weight is 156 g/mol. The second-order valence-corrected chi connectivity index (χ2v) is 2.49. The van der Waals surface area contributed by atoms with Gasteiger partial charge in [0.05, 0.1) is 0 Å². The Morgan fingerprint density at radius 1 is 1.64 bits per heavy atom. The lowest BCUT2D eigenvalue weighted by molar-refractivity contribution is 0.157. The number of hydrogen-bond acceptors (Lipinski definition) is 3. The largest absolute Gasteiger partial charge is 0.506 e. The molecule has 0 saturated carbocycles. The van der Waals surface area contributed by atoms with E-state index in [-0.39, 0.29) is 5.76 Å². The lowest BCUT2D eigenvalue weighted by atomic mass is 10.2. The molecule has 3 nitrogen and oxygen atoms in total. The smallest absolute Gasteiger partial charge is 0.160 e. The molecule has 0 aliphatic carbocycles. The van der Waals surface area contributed by atoms with Crippen LogP contribution in [-0.2, 0) is 4.74 Å². The van der Waals surface area contributed by atoms with Crippen molar-refractivity contribution in [3.63, 3.8) is 0 Å². The Morgan fingerprint density at radius 2 is 2.36 bits per heavy atom. The predicted octanol–water partition coefficient (Wildman–Crippen LogP) is 1.46. The summed E-state index contributed by atoms with van der Waals surface area (Å²) in [6.45, 7) is 2.02. The van der Waals surface area contributed by atoms with Crippen LogP contribution in [0.5, 0.6) is 0 Å². The number of aliphatic hydroxyl groups is 2.